The average molecular weight is 264 g/mol. The Kier molecular flexibility index (Phi) is 5.23. The van der Waals surface area contributed by atoms with E-state index in [0.717, 1.165) is 37.2 Å². The Labute approximate surface area is 115 Å². The standard InChI is InChI=1S/C16H24O3/c1-4-6-15-12(5-2)11-18-16(19-15)13-7-9-14(17-3)10-8-13/h7-10,12,15-16H,4-6,11H2,1-3H3/t12-,15-,16+/m1/s1. The van der Waals surface area contributed by atoms with Gasteiger partial charge in [0.15, 0.2) is 6.29 Å². The zero-order valence-electron chi connectivity index (χ0n) is 12.1. The maximum atomic E-state index is 6.13. The van der Waals surface area contributed by atoms with E-state index in [1.807, 2.05) is 24.3 Å². The smallest absolute Gasteiger partial charge is 0.184 e. The van der Waals surface area contributed by atoms with Crippen molar-refractivity contribution in [2.24, 2.45) is 5.92 Å². The molecule has 3 atom stereocenters. The van der Waals surface area contributed by atoms with Gasteiger partial charge in [-0.2, -0.15) is 0 Å². The normalized spacial score (nSPS) is 27.2. The van der Waals surface area contributed by atoms with E-state index in [2.05, 4.69) is 13.8 Å². The van der Waals surface area contributed by atoms with Crippen LogP contribution in [-0.2, 0) is 9.47 Å². The van der Waals surface area contributed by atoms with Crippen molar-refractivity contribution in [2.45, 2.75) is 45.5 Å². The second-order valence-electron chi connectivity index (χ2n) is 5.07. The number of methoxy groups -OCH3 is 1. The van der Waals surface area contributed by atoms with Crippen molar-refractivity contribution in [3.05, 3.63) is 29.8 Å². The summed E-state index contributed by atoms with van der Waals surface area (Å²) in [5.41, 5.74) is 1.07. The first-order valence-corrected chi connectivity index (χ1v) is 7.19. The minimum atomic E-state index is -0.231. The van der Waals surface area contributed by atoms with Crippen molar-refractivity contribution >= 4 is 0 Å². The van der Waals surface area contributed by atoms with E-state index >= 15 is 0 Å². The number of hydrogen-bond donors (Lipinski definition) is 0. The highest BCUT2D eigenvalue weighted by Gasteiger charge is 2.30. The Balaban J connectivity index is 2.04. The summed E-state index contributed by atoms with van der Waals surface area (Å²) < 4.78 is 17.2. The van der Waals surface area contributed by atoms with Crippen molar-refractivity contribution in [3.8, 4) is 5.75 Å². The van der Waals surface area contributed by atoms with Gasteiger partial charge in [-0.05, 0) is 25.0 Å². The van der Waals surface area contributed by atoms with Gasteiger partial charge in [0.05, 0.1) is 19.8 Å². The SMILES string of the molecule is CCC[C@H]1O[C@@H](c2ccc(OC)cc2)OC[C@H]1CC. The van der Waals surface area contributed by atoms with Crippen LogP contribution in [0.5, 0.6) is 5.75 Å². The summed E-state index contributed by atoms with van der Waals surface area (Å²) >= 11 is 0. The summed E-state index contributed by atoms with van der Waals surface area (Å²) in [5, 5.41) is 0. The molecular formula is C16H24O3. The summed E-state index contributed by atoms with van der Waals surface area (Å²) in [6.45, 7) is 5.19. The van der Waals surface area contributed by atoms with Crippen LogP contribution in [0.1, 0.15) is 45.0 Å². The quantitative estimate of drug-likeness (QED) is 0.806. The molecule has 3 heteroatoms. The van der Waals surface area contributed by atoms with Crippen LogP contribution in [0, 0.1) is 5.92 Å². The van der Waals surface area contributed by atoms with E-state index < -0.39 is 0 Å². The average Bonchev–Trinajstić information content (AvgIpc) is 2.47. The molecule has 1 aliphatic rings. The lowest BCUT2D eigenvalue weighted by Gasteiger charge is -2.36. The second kappa shape index (κ2) is 6.92. The van der Waals surface area contributed by atoms with Gasteiger partial charge in [-0.3, -0.25) is 0 Å². The van der Waals surface area contributed by atoms with Crippen LogP contribution in [0.25, 0.3) is 0 Å². The monoisotopic (exact) mass is 264 g/mol. The zero-order valence-corrected chi connectivity index (χ0v) is 12.1. The van der Waals surface area contributed by atoms with Crippen LogP contribution in [-0.4, -0.2) is 19.8 Å². The van der Waals surface area contributed by atoms with Gasteiger partial charge in [0, 0.05) is 11.5 Å². The third kappa shape index (κ3) is 3.48. The largest absolute Gasteiger partial charge is 0.497 e. The lowest BCUT2D eigenvalue weighted by molar-refractivity contribution is -0.243. The molecule has 0 spiro atoms. The molecular weight excluding hydrogens is 240 g/mol. The minimum Gasteiger partial charge on any atom is -0.497 e. The highest BCUT2D eigenvalue weighted by Crippen LogP contribution is 2.33. The molecule has 1 aromatic rings. The summed E-state index contributed by atoms with van der Waals surface area (Å²) in [7, 11) is 1.67. The maximum Gasteiger partial charge on any atom is 0.184 e. The van der Waals surface area contributed by atoms with Gasteiger partial charge in [0.2, 0.25) is 0 Å². The summed E-state index contributed by atoms with van der Waals surface area (Å²) in [6, 6.07) is 7.92. The molecule has 2 rings (SSSR count). The van der Waals surface area contributed by atoms with Crippen LogP contribution >= 0.6 is 0 Å². The molecule has 0 N–H and O–H groups in total. The molecule has 0 aliphatic carbocycles. The van der Waals surface area contributed by atoms with E-state index in [4.69, 9.17) is 14.2 Å². The Morgan fingerprint density at radius 3 is 2.53 bits per heavy atom. The highest BCUT2D eigenvalue weighted by molar-refractivity contribution is 5.27. The van der Waals surface area contributed by atoms with Crippen molar-refractivity contribution < 1.29 is 14.2 Å². The Bertz CT molecular complexity index is 374. The summed E-state index contributed by atoms with van der Waals surface area (Å²) in [6.07, 6.45) is 3.45. The topological polar surface area (TPSA) is 27.7 Å². The predicted octanol–water partition coefficient (Wildman–Crippen LogP) is 3.94. The van der Waals surface area contributed by atoms with Crippen LogP contribution in [0.15, 0.2) is 24.3 Å². The van der Waals surface area contributed by atoms with Crippen molar-refractivity contribution in [1.82, 2.24) is 0 Å². The van der Waals surface area contributed by atoms with Crippen LogP contribution in [0.4, 0.5) is 0 Å². The number of benzene rings is 1. The van der Waals surface area contributed by atoms with Crippen molar-refractivity contribution in [1.29, 1.82) is 0 Å². The van der Waals surface area contributed by atoms with Crippen LogP contribution in [0.2, 0.25) is 0 Å². The fraction of sp³-hybridized carbons (Fsp3) is 0.625. The molecule has 3 nitrogen and oxygen atoms in total. The van der Waals surface area contributed by atoms with Gasteiger partial charge in [0.1, 0.15) is 5.75 Å². The number of hydrogen-bond acceptors (Lipinski definition) is 3. The van der Waals surface area contributed by atoms with Gasteiger partial charge in [-0.15, -0.1) is 0 Å². The molecule has 1 fully saturated rings. The Hall–Kier alpha value is -1.06. The minimum absolute atomic E-state index is 0.231. The molecule has 0 amide bonds. The third-order valence-corrected chi connectivity index (χ3v) is 3.77. The third-order valence-electron chi connectivity index (χ3n) is 3.77. The van der Waals surface area contributed by atoms with Gasteiger partial charge in [-0.25, -0.2) is 0 Å². The van der Waals surface area contributed by atoms with E-state index in [1.54, 1.807) is 7.11 Å². The molecule has 19 heavy (non-hydrogen) atoms. The Morgan fingerprint density at radius 1 is 1.21 bits per heavy atom. The van der Waals surface area contributed by atoms with Gasteiger partial charge < -0.3 is 14.2 Å². The van der Waals surface area contributed by atoms with E-state index in [9.17, 15) is 0 Å². The van der Waals surface area contributed by atoms with E-state index in [0.29, 0.717) is 12.0 Å². The van der Waals surface area contributed by atoms with Crippen LogP contribution < -0.4 is 4.74 Å². The zero-order chi connectivity index (χ0) is 13.7. The van der Waals surface area contributed by atoms with Gasteiger partial charge in [0.25, 0.3) is 0 Å². The van der Waals surface area contributed by atoms with Crippen molar-refractivity contribution in [3.63, 3.8) is 0 Å². The molecule has 0 saturated carbocycles. The molecule has 0 bridgehead atoms. The number of rotatable bonds is 5. The lowest BCUT2D eigenvalue weighted by Crippen LogP contribution is -2.35. The molecule has 1 heterocycles. The molecule has 1 saturated heterocycles. The first-order valence-electron chi connectivity index (χ1n) is 7.19. The van der Waals surface area contributed by atoms with Crippen molar-refractivity contribution in [2.75, 3.05) is 13.7 Å². The molecule has 1 aliphatic heterocycles. The Morgan fingerprint density at radius 2 is 1.95 bits per heavy atom. The van der Waals surface area contributed by atoms with Crippen LogP contribution in [0.3, 0.4) is 0 Å². The molecule has 106 valence electrons. The molecule has 0 aromatic heterocycles. The van der Waals surface area contributed by atoms with E-state index in [1.165, 1.54) is 0 Å². The first kappa shape index (κ1) is 14.4. The molecule has 0 unspecified atom stereocenters. The van der Waals surface area contributed by atoms with E-state index in [-0.39, 0.29) is 6.29 Å². The van der Waals surface area contributed by atoms with Gasteiger partial charge in [-0.1, -0.05) is 32.4 Å². The molecule has 0 radical (unpaired) electrons. The summed E-state index contributed by atoms with van der Waals surface area (Å²) in [4.78, 5) is 0. The second-order valence-corrected chi connectivity index (χ2v) is 5.07. The fourth-order valence-corrected chi connectivity index (χ4v) is 2.53. The first-order chi connectivity index (χ1) is 9.28. The van der Waals surface area contributed by atoms with Gasteiger partial charge >= 0.3 is 0 Å². The highest BCUT2D eigenvalue weighted by atomic mass is 16.7. The summed E-state index contributed by atoms with van der Waals surface area (Å²) in [5.74, 6) is 1.38. The number of ether oxygens (including phenoxy) is 3. The molecule has 1 aromatic carbocycles. The predicted molar refractivity (Wildman–Crippen MR) is 75.2 cm³/mol. The fourth-order valence-electron chi connectivity index (χ4n) is 2.53. The lowest BCUT2D eigenvalue weighted by atomic mass is 9.95. The maximum absolute atomic E-state index is 6.13.